The van der Waals surface area contributed by atoms with Crippen LogP contribution in [-0.2, 0) is 14.3 Å². The normalized spacial score (nSPS) is 30.6. The Labute approximate surface area is 83.5 Å². The molecule has 0 aromatic rings. The Balaban J connectivity index is 2.38. The molecule has 2 atom stereocenters. The van der Waals surface area contributed by atoms with Gasteiger partial charge in [0, 0.05) is 11.5 Å². The van der Waals surface area contributed by atoms with Crippen molar-refractivity contribution in [2.45, 2.75) is 19.4 Å². The van der Waals surface area contributed by atoms with Gasteiger partial charge in [0.2, 0.25) is 0 Å². The summed E-state index contributed by atoms with van der Waals surface area (Å²) in [5.74, 6) is -0.455. The minimum atomic E-state index is -0.455. The third-order valence-corrected chi connectivity index (χ3v) is 2.82. The lowest BCUT2D eigenvalue weighted by Gasteiger charge is -2.47. The average molecular weight is 200 g/mol. The van der Waals surface area contributed by atoms with Crippen LogP contribution in [-0.4, -0.2) is 37.0 Å². The lowest BCUT2D eigenvalue weighted by molar-refractivity contribution is -0.223. The molecule has 14 heavy (non-hydrogen) atoms. The second kappa shape index (κ2) is 4.57. The van der Waals surface area contributed by atoms with Crippen LogP contribution in [0.2, 0.25) is 0 Å². The Morgan fingerprint density at radius 3 is 2.93 bits per heavy atom. The van der Waals surface area contributed by atoms with Crippen molar-refractivity contribution in [3.8, 4) is 0 Å². The quantitative estimate of drug-likeness (QED) is 0.518. The van der Waals surface area contributed by atoms with E-state index in [4.69, 9.17) is 9.47 Å². The fourth-order valence-electron chi connectivity index (χ4n) is 1.47. The molecule has 4 heteroatoms. The summed E-state index contributed by atoms with van der Waals surface area (Å²) in [6.07, 6.45) is 1.76. The van der Waals surface area contributed by atoms with Crippen LogP contribution in [0.15, 0.2) is 12.7 Å². The third-order valence-electron chi connectivity index (χ3n) is 2.82. The number of carbonyl (C=O) groups excluding carboxylic acids is 1. The standard InChI is InChI=1S/C10H16O4/c1-3-9(12)13-5-8-10(4-2,6-11)7-14-8/h3,8,11H,1,4-7H2,2H3. The van der Waals surface area contributed by atoms with Crippen molar-refractivity contribution in [1.29, 1.82) is 0 Å². The molecule has 1 rings (SSSR count). The van der Waals surface area contributed by atoms with Gasteiger partial charge in [-0.3, -0.25) is 0 Å². The number of esters is 1. The molecule has 1 aliphatic heterocycles. The van der Waals surface area contributed by atoms with Gasteiger partial charge >= 0.3 is 5.97 Å². The first-order chi connectivity index (χ1) is 6.68. The fraction of sp³-hybridized carbons (Fsp3) is 0.700. The molecule has 80 valence electrons. The number of ether oxygens (including phenoxy) is 2. The first-order valence-corrected chi connectivity index (χ1v) is 4.70. The molecule has 0 spiro atoms. The molecule has 1 saturated heterocycles. The van der Waals surface area contributed by atoms with Crippen LogP contribution >= 0.6 is 0 Å². The minimum Gasteiger partial charge on any atom is -0.460 e. The summed E-state index contributed by atoms with van der Waals surface area (Å²) in [6.45, 7) is 6.08. The van der Waals surface area contributed by atoms with Crippen molar-refractivity contribution >= 4 is 5.97 Å². The van der Waals surface area contributed by atoms with Crippen molar-refractivity contribution in [3.05, 3.63) is 12.7 Å². The highest BCUT2D eigenvalue weighted by atomic mass is 16.6. The summed E-state index contributed by atoms with van der Waals surface area (Å²) in [6, 6.07) is 0. The van der Waals surface area contributed by atoms with Gasteiger partial charge in [-0.1, -0.05) is 13.5 Å². The van der Waals surface area contributed by atoms with Gasteiger partial charge in [0.15, 0.2) is 0 Å². The van der Waals surface area contributed by atoms with Crippen molar-refractivity contribution in [2.24, 2.45) is 5.41 Å². The van der Waals surface area contributed by atoms with E-state index >= 15 is 0 Å². The van der Waals surface area contributed by atoms with E-state index < -0.39 is 5.97 Å². The van der Waals surface area contributed by atoms with Gasteiger partial charge in [0.05, 0.1) is 13.2 Å². The van der Waals surface area contributed by atoms with E-state index in [9.17, 15) is 9.90 Å². The highest BCUT2D eigenvalue weighted by Crippen LogP contribution is 2.37. The average Bonchev–Trinajstić information content (AvgIpc) is 2.18. The summed E-state index contributed by atoms with van der Waals surface area (Å²) in [5.41, 5.74) is -0.221. The molecule has 0 aliphatic carbocycles. The second-order valence-corrected chi connectivity index (χ2v) is 3.51. The first kappa shape index (κ1) is 11.2. The maximum atomic E-state index is 10.8. The van der Waals surface area contributed by atoms with Crippen molar-refractivity contribution in [2.75, 3.05) is 19.8 Å². The van der Waals surface area contributed by atoms with Gasteiger partial charge in [0.1, 0.15) is 12.7 Å². The van der Waals surface area contributed by atoms with Crippen LogP contribution in [0.4, 0.5) is 0 Å². The van der Waals surface area contributed by atoms with E-state index in [1.165, 1.54) is 0 Å². The predicted octanol–water partition coefficient (Wildman–Crippen LogP) is 0.503. The molecule has 0 amide bonds. The summed E-state index contributed by atoms with van der Waals surface area (Å²) in [4.78, 5) is 10.8. The third kappa shape index (κ3) is 1.96. The minimum absolute atomic E-state index is 0.0693. The van der Waals surface area contributed by atoms with E-state index in [-0.39, 0.29) is 24.7 Å². The van der Waals surface area contributed by atoms with Crippen molar-refractivity contribution in [1.82, 2.24) is 0 Å². The summed E-state index contributed by atoms with van der Waals surface area (Å²) >= 11 is 0. The zero-order valence-electron chi connectivity index (χ0n) is 8.36. The first-order valence-electron chi connectivity index (χ1n) is 4.70. The topological polar surface area (TPSA) is 55.8 Å². The molecule has 2 unspecified atom stereocenters. The van der Waals surface area contributed by atoms with Gasteiger partial charge in [-0.25, -0.2) is 4.79 Å². The smallest absolute Gasteiger partial charge is 0.330 e. The van der Waals surface area contributed by atoms with Crippen LogP contribution < -0.4 is 0 Å². The number of hydrogen-bond acceptors (Lipinski definition) is 4. The van der Waals surface area contributed by atoms with Gasteiger partial charge in [-0.15, -0.1) is 0 Å². The Hall–Kier alpha value is -0.870. The van der Waals surface area contributed by atoms with Crippen molar-refractivity contribution < 1.29 is 19.4 Å². The summed E-state index contributed by atoms with van der Waals surface area (Å²) < 4.78 is 10.1. The van der Waals surface area contributed by atoms with E-state index in [1.54, 1.807) is 0 Å². The van der Waals surface area contributed by atoms with Crippen LogP contribution in [0.1, 0.15) is 13.3 Å². The monoisotopic (exact) mass is 200 g/mol. The van der Waals surface area contributed by atoms with E-state index in [0.717, 1.165) is 12.5 Å². The lowest BCUT2D eigenvalue weighted by Crippen LogP contribution is -2.56. The van der Waals surface area contributed by atoms with Gasteiger partial charge in [-0.2, -0.15) is 0 Å². The predicted molar refractivity (Wildman–Crippen MR) is 50.7 cm³/mol. The molecule has 1 N–H and O–H groups in total. The molecular weight excluding hydrogens is 184 g/mol. The highest BCUT2D eigenvalue weighted by Gasteiger charge is 2.47. The van der Waals surface area contributed by atoms with Gasteiger partial charge in [-0.05, 0) is 6.42 Å². The largest absolute Gasteiger partial charge is 0.460 e. The molecule has 0 saturated carbocycles. The fourth-order valence-corrected chi connectivity index (χ4v) is 1.47. The van der Waals surface area contributed by atoms with E-state index in [0.29, 0.717) is 6.61 Å². The highest BCUT2D eigenvalue weighted by molar-refractivity contribution is 5.81. The number of aliphatic hydroxyl groups excluding tert-OH is 1. The molecular formula is C10H16O4. The van der Waals surface area contributed by atoms with Crippen LogP contribution in [0.5, 0.6) is 0 Å². The summed E-state index contributed by atoms with van der Waals surface area (Å²) in [7, 11) is 0. The lowest BCUT2D eigenvalue weighted by atomic mass is 9.77. The number of rotatable bonds is 5. The molecule has 1 fully saturated rings. The second-order valence-electron chi connectivity index (χ2n) is 3.51. The Morgan fingerprint density at radius 2 is 2.57 bits per heavy atom. The molecule has 0 radical (unpaired) electrons. The van der Waals surface area contributed by atoms with Crippen LogP contribution in [0, 0.1) is 5.41 Å². The molecule has 0 aromatic heterocycles. The van der Waals surface area contributed by atoms with Crippen LogP contribution in [0.25, 0.3) is 0 Å². The maximum Gasteiger partial charge on any atom is 0.330 e. The maximum absolute atomic E-state index is 10.8. The van der Waals surface area contributed by atoms with Crippen molar-refractivity contribution in [3.63, 3.8) is 0 Å². The van der Waals surface area contributed by atoms with Gasteiger partial charge in [0.25, 0.3) is 0 Å². The zero-order chi connectivity index (χ0) is 10.6. The Morgan fingerprint density at radius 1 is 1.86 bits per heavy atom. The van der Waals surface area contributed by atoms with E-state index in [1.807, 2.05) is 6.92 Å². The number of aliphatic hydroxyl groups is 1. The molecule has 1 heterocycles. The molecule has 0 aromatic carbocycles. The summed E-state index contributed by atoms with van der Waals surface area (Å²) in [5, 5.41) is 9.19. The number of hydrogen-bond donors (Lipinski definition) is 1. The Bertz CT molecular complexity index is 215. The SMILES string of the molecule is C=CC(=O)OCC1OCC1(CC)CO. The molecule has 1 aliphatic rings. The zero-order valence-corrected chi connectivity index (χ0v) is 8.36. The number of carbonyl (C=O) groups is 1. The molecule has 4 nitrogen and oxygen atoms in total. The van der Waals surface area contributed by atoms with E-state index in [2.05, 4.69) is 6.58 Å². The van der Waals surface area contributed by atoms with Gasteiger partial charge < -0.3 is 14.6 Å². The molecule has 0 bridgehead atoms. The van der Waals surface area contributed by atoms with Crippen LogP contribution in [0.3, 0.4) is 0 Å². The Kier molecular flexibility index (Phi) is 3.66.